The zero-order chi connectivity index (χ0) is 12.2. The molecule has 1 rings (SSSR count). The molecular weight excluding hydrogens is 232 g/mol. The molecule has 0 bridgehead atoms. The van der Waals surface area contributed by atoms with Crippen molar-refractivity contribution in [3.05, 3.63) is 18.2 Å². The van der Waals surface area contributed by atoms with E-state index in [1.54, 1.807) is 19.1 Å². The summed E-state index contributed by atoms with van der Waals surface area (Å²) in [4.78, 5) is 0. The average Bonchev–Trinajstić information content (AvgIpc) is 2.20. The van der Waals surface area contributed by atoms with Gasteiger partial charge in [-0.25, -0.2) is 0 Å². The first kappa shape index (κ1) is 12.6. The molecule has 7 heteroatoms. The normalized spacial score (nSPS) is 11.1. The van der Waals surface area contributed by atoms with Crippen LogP contribution in [-0.4, -0.2) is 27.2 Å². The lowest BCUT2D eigenvalue weighted by Crippen LogP contribution is -2.29. The minimum absolute atomic E-state index is 0.0194. The molecule has 90 valence electrons. The highest BCUT2D eigenvalue weighted by Gasteiger charge is 2.15. The summed E-state index contributed by atoms with van der Waals surface area (Å²) < 4.78 is 32.2. The molecule has 0 heterocycles. The smallest absolute Gasteiger partial charge is 0.299 e. The number of para-hydroxylation sites is 1. The van der Waals surface area contributed by atoms with Gasteiger partial charge in [-0.1, -0.05) is 13.0 Å². The van der Waals surface area contributed by atoms with Gasteiger partial charge in [0.2, 0.25) is 0 Å². The fraction of sp³-hybridized carbons (Fsp3) is 0.333. The Kier molecular flexibility index (Phi) is 3.97. The van der Waals surface area contributed by atoms with Crippen LogP contribution < -0.4 is 14.2 Å². The molecule has 0 aliphatic heterocycles. The molecule has 0 aromatic heterocycles. The minimum Gasteiger partial charge on any atom is -0.506 e. The summed E-state index contributed by atoms with van der Waals surface area (Å²) in [7, 11) is -2.29. The van der Waals surface area contributed by atoms with Crippen molar-refractivity contribution in [1.29, 1.82) is 0 Å². The lowest BCUT2D eigenvalue weighted by Gasteiger charge is -2.12. The molecule has 3 N–H and O–H groups in total. The van der Waals surface area contributed by atoms with E-state index >= 15 is 0 Å². The molecule has 0 aliphatic rings. The SMILES string of the molecule is CCNS(=O)(=O)Nc1c(O)cccc1OC. The number of hydrogen-bond donors (Lipinski definition) is 3. The lowest BCUT2D eigenvalue weighted by molar-refractivity contribution is 0.411. The molecule has 0 amide bonds. The quantitative estimate of drug-likeness (QED) is 0.666. The molecule has 1 aromatic carbocycles. The van der Waals surface area contributed by atoms with E-state index in [4.69, 9.17) is 4.74 Å². The first-order valence-electron chi connectivity index (χ1n) is 4.63. The van der Waals surface area contributed by atoms with Crippen molar-refractivity contribution in [3.8, 4) is 11.5 Å². The van der Waals surface area contributed by atoms with Crippen LogP contribution in [0, 0.1) is 0 Å². The van der Waals surface area contributed by atoms with E-state index in [0.29, 0.717) is 0 Å². The van der Waals surface area contributed by atoms with E-state index in [1.807, 2.05) is 0 Å². The lowest BCUT2D eigenvalue weighted by atomic mass is 10.3. The molecule has 0 spiro atoms. The van der Waals surface area contributed by atoms with E-state index in [-0.39, 0.29) is 23.7 Å². The molecule has 16 heavy (non-hydrogen) atoms. The molecule has 0 saturated heterocycles. The van der Waals surface area contributed by atoms with Crippen LogP contribution in [0.2, 0.25) is 0 Å². The van der Waals surface area contributed by atoms with Gasteiger partial charge >= 0.3 is 0 Å². The molecule has 1 aromatic rings. The summed E-state index contributed by atoms with van der Waals surface area (Å²) in [5.41, 5.74) is 0.0194. The summed E-state index contributed by atoms with van der Waals surface area (Å²) in [5, 5.41) is 9.52. The van der Waals surface area contributed by atoms with Crippen LogP contribution in [0.4, 0.5) is 5.69 Å². The van der Waals surface area contributed by atoms with Crippen LogP contribution in [0.25, 0.3) is 0 Å². The second-order valence-corrected chi connectivity index (χ2v) is 4.46. The van der Waals surface area contributed by atoms with Gasteiger partial charge in [-0.05, 0) is 12.1 Å². The van der Waals surface area contributed by atoms with Crippen molar-refractivity contribution < 1.29 is 18.3 Å². The van der Waals surface area contributed by atoms with Gasteiger partial charge in [-0.3, -0.25) is 4.72 Å². The molecular formula is C9H14N2O4S. The third-order valence-corrected chi connectivity index (χ3v) is 2.94. The van der Waals surface area contributed by atoms with Crippen LogP contribution in [0.1, 0.15) is 6.92 Å². The maximum Gasteiger partial charge on any atom is 0.299 e. The fourth-order valence-electron chi connectivity index (χ4n) is 1.15. The molecule has 6 nitrogen and oxygen atoms in total. The second-order valence-electron chi connectivity index (χ2n) is 2.96. The fourth-order valence-corrected chi connectivity index (χ4v) is 2.08. The van der Waals surface area contributed by atoms with E-state index in [2.05, 4.69) is 9.44 Å². The Morgan fingerprint density at radius 3 is 2.69 bits per heavy atom. The summed E-state index contributed by atoms with van der Waals surface area (Å²) in [5.74, 6) is 0.0577. The number of aromatic hydroxyl groups is 1. The number of rotatable bonds is 5. The third-order valence-electron chi connectivity index (χ3n) is 1.79. The highest BCUT2D eigenvalue weighted by Crippen LogP contribution is 2.33. The predicted molar refractivity (Wildman–Crippen MR) is 60.9 cm³/mol. The second kappa shape index (κ2) is 5.04. The van der Waals surface area contributed by atoms with E-state index in [0.717, 1.165) is 0 Å². The van der Waals surface area contributed by atoms with Crippen LogP contribution >= 0.6 is 0 Å². The monoisotopic (exact) mass is 246 g/mol. The first-order valence-corrected chi connectivity index (χ1v) is 6.12. The van der Waals surface area contributed by atoms with Crippen LogP contribution in [-0.2, 0) is 10.2 Å². The van der Waals surface area contributed by atoms with Gasteiger partial charge in [-0.2, -0.15) is 13.1 Å². The Bertz CT molecular complexity index is 459. The summed E-state index contributed by atoms with van der Waals surface area (Å²) >= 11 is 0. The first-order chi connectivity index (χ1) is 7.50. The summed E-state index contributed by atoms with van der Waals surface area (Å²) in [6.45, 7) is 1.91. The number of anilines is 1. The van der Waals surface area contributed by atoms with Crippen LogP contribution in [0.15, 0.2) is 18.2 Å². The zero-order valence-corrected chi connectivity index (χ0v) is 9.84. The number of hydrogen-bond acceptors (Lipinski definition) is 4. The number of nitrogens with one attached hydrogen (secondary N) is 2. The third kappa shape index (κ3) is 3.01. The van der Waals surface area contributed by atoms with Gasteiger partial charge in [0.05, 0.1) is 7.11 Å². The van der Waals surface area contributed by atoms with Crippen LogP contribution in [0.5, 0.6) is 11.5 Å². The van der Waals surface area contributed by atoms with Gasteiger partial charge in [0.25, 0.3) is 10.2 Å². The standard InChI is InChI=1S/C9H14N2O4S/c1-3-10-16(13,14)11-9-7(12)5-4-6-8(9)15-2/h4-6,10-12H,3H2,1-2H3. The van der Waals surface area contributed by atoms with Gasteiger partial charge in [-0.15, -0.1) is 0 Å². The van der Waals surface area contributed by atoms with E-state index in [9.17, 15) is 13.5 Å². The zero-order valence-electron chi connectivity index (χ0n) is 9.02. The highest BCUT2D eigenvalue weighted by atomic mass is 32.2. The number of benzene rings is 1. The largest absolute Gasteiger partial charge is 0.506 e. The highest BCUT2D eigenvalue weighted by molar-refractivity contribution is 7.90. The molecule has 0 aliphatic carbocycles. The maximum atomic E-state index is 11.4. The Labute approximate surface area is 94.4 Å². The van der Waals surface area contributed by atoms with Gasteiger partial charge in [0, 0.05) is 6.54 Å². The van der Waals surface area contributed by atoms with Gasteiger partial charge in [0.1, 0.15) is 17.2 Å². The molecule has 0 fully saturated rings. The van der Waals surface area contributed by atoms with Crippen molar-refractivity contribution in [2.24, 2.45) is 0 Å². The van der Waals surface area contributed by atoms with E-state index in [1.165, 1.54) is 13.2 Å². The Morgan fingerprint density at radius 1 is 1.44 bits per heavy atom. The summed E-state index contributed by atoms with van der Waals surface area (Å²) in [6.07, 6.45) is 0. The average molecular weight is 246 g/mol. The van der Waals surface area contributed by atoms with Gasteiger partial charge in [0.15, 0.2) is 0 Å². The molecule has 0 saturated carbocycles. The number of phenols is 1. The number of phenolic OH excluding ortho intramolecular Hbond substituents is 1. The molecule has 0 atom stereocenters. The Hall–Kier alpha value is -1.47. The van der Waals surface area contributed by atoms with Crippen molar-refractivity contribution in [1.82, 2.24) is 4.72 Å². The number of methoxy groups -OCH3 is 1. The summed E-state index contributed by atoms with van der Waals surface area (Å²) in [6, 6.07) is 4.47. The van der Waals surface area contributed by atoms with Crippen molar-refractivity contribution in [2.75, 3.05) is 18.4 Å². The predicted octanol–water partition coefficient (Wildman–Crippen LogP) is 0.667. The number of ether oxygens (including phenoxy) is 1. The molecule has 0 radical (unpaired) electrons. The maximum absolute atomic E-state index is 11.4. The topological polar surface area (TPSA) is 87.7 Å². The van der Waals surface area contributed by atoms with E-state index < -0.39 is 10.2 Å². The Morgan fingerprint density at radius 2 is 2.12 bits per heavy atom. The van der Waals surface area contributed by atoms with Crippen molar-refractivity contribution >= 4 is 15.9 Å². The molecule has 0 unspecified atom stereocenters. The van der Waals surface area contributed by atoms with Crippen LogP contribution in [0.3, 0.4) is 0 Å². The van der Waals surface area contributed by atoms with Crippen molar-refractivity contribution in [2.45, 2.75) is 6.92 Å². The van der Waals surface area contributed by atoms with Crippen molar-refractivity contribution in [3.63, 3.8) is 0 Å². The Balaban J connectivity index is 3.05. The minimum atomic E-state index is -3.68. The van der Waals surface area contributed by atoms with Gasteiger partial charge < -0.3 is 9.84 Å².